The molecular weight excluding hydrogens is 298 g/mol. The summed E-state index contributed by atoms with van der Waals surface area (Å²) in [5.74, 6) is 0. The first-order valence-corrected chi connectivity index (χ1v) is 9.23. The summed E-state index contributed by atoms with van der Waals surface area (Å²) in [7, 11) is 0.557. The molecule has 1 aliphatic heterocycles. The van der Waals surface area contributed by atoms with Gasteiger partial charge in [0.1, 0.15) is 0 Å². The molecule has 2 N–H and O–H groups in total. The van der Waals surface area contributed by atoms with Gasteiger partial charge >= 0.3 is 0 Å². The number of nitrogens with zero attached hydrogens (tertiary/aromatic N) is 1. The van der Waals surface area contributed by atoms with Gasteiger partial charge in [0.05, 0.1) is 4.90 Å². The maximum absolute atomic E-state index is 12.4. The van der Waals surface area contributed by atoms with Gasteiger partial charge in [-0.15, -0.1) is 0 Å². The SMILES string of the molecule is CN(C)Cc1ccc(S(=O)(=O)NCC2(C)CCNCC2)cc1. The molecule has 22 heavy (non-hydrogen) atoms. The molecule has 0 radical (unpaired) electrons. The fourth-order valence-corrected chi connectivity index (χ4v) is 3.90. The number of piperidine rings is 1. The maximum Gasteiger partial charge on any atom is 0.240 e. The second-order valence-electron chi connectivity index (χ2n) is 6.77. The summed E-state index contributed by atoms with van der Waals surface area (Å²) in [6, 6.07) is 7.12. The number of rotatable bonds is 6. The van der Waals surface area contributed by atoms with E-state index in [-0.39, 0.29) is 5.41 Å². The van der Waals surface area contributed by atoms with Crippen LogP contribution in [0.2, 0.25) is 0 Å². The maximum atomic E-state index is 12.4. The second kappa shape index (κ2) is 7.08. The first-order chi connectivity index (χ1) is 10.3. The van der Waals surface area contributed by atoms with Crippen LogP contribution in [0.4, 0.5) is 0 Å². The molecule has 0 spiro atoms. The van der Waals surface area contributed by atoms with Crippen molar-refractivity contribution in [3.05, 3.63) is 29.8 Å². The average molecular weight is 325 g/mol. The van der Waals surface area contributed by atoms with Gasteiger partial charge in [-0.3, -0.25) is 0 Å². The second-order valence-corrected chi connectivity index (χ2v) is 8.53. The quantitative estimate of drug-likeness (QED) is 0.830. The topological polar surface area (TPSA) is 61.4 Å². The van der Waals surface area contributed by atoms with Gasteiger partial charge in [-0.2, -0.15) is 0 Å². The van der Waals surface area contributed by atoms with Gasteiger partial charge in [0.25, 0.3) is 0 Å². The lowest BCUT2D eigenvalue weighted by Crippen LogP contribution is -2.42. The highest BCUT2D eigenvalue weighted by Crippen LogP contribution is 2.27. The molecule has 1 heterocycles. The Kier molecular flexibility index (Phi) is 5.60. The smallest absolute Gasteiger partial charge is 0.240 e. The fraction of sp³-hybridized carbons (Fsp3) is 0.625. The Bertz CT molecular complexity index is 576. The molecule has 1 saturated heterocycles. The van der Waals surface area contributed by atoms with Gasteiger partial charge in [0.15, 0.2) is 0 Å². The van der Waals surface area contributed by atoms with E-state index in [0.717, 1.165) is 38.0 Å². The first kappa shape index (κ1) is 17.4. The molecule has 0 atom stereocenters. The third-order valence-corrected chi connectivity index (χ3v) is 5.65. The van der Waals surface area contributed by atoms with Crippen LogP contribution in [0, 0.1) is 5.41 Å². The molecule has 6 heteroatoms. The molecule has 1 fully saturated rings. The Morgan fingerprint density at radius 1 is 1.18 bits per heavy atom. The zero-order valence-electron chi connectivity index (χ0n) is 13.7. The molecule has 1 aromatic rings. The standard InChI is InChI=1S/C16H27N3O2S/c1-16(8-10-17-11-9-16)13-18-22(20,21)15-6-4-14(5-7-15)12-19(2)3/h4-7,17-18H,8-13H2,1-3H3. The van der Waals surface area contributed by atoms with Crippen LogP contribution in [-0.2, 0) is 16.6 Å². The van der Waals surface area contributed by atoms with Crippen molar-refractivity contribution in [2.45, 2.75) is 31.2 Å². The van der Waals surface area contributed by atoms with E-state index in [2.05, 4.69) is 21.9 Å². The lowest BCUT2D eigenvalue weighted by molar-refractivity contribution is 0.232. The van der Waals surface area contributed by atoms with Crippen LogP contribution in [0.5, 0.6) is 0 Å². The van der Waals surface area contributed by atoms with Gasteiger partial charge in [0, 0.05) is 13.1 Å². The summed E-state index contributed by atoms with van der Waals surface area (Å²) >= 11 is 0. The van der Waals surface area contributed by atoms with E-state index in [1.165, 1.54) is 0 Å². The molecule has 5 nitrogen and oxygen atoms in total. The van der Waals surface area contributed by atoms with Crippen LogP contribution < -0.4 is 10.0 Å². The van der Waals surface area contributed by atoms with E-state index >= 15 is 0 Å². The van der Waals surface area contributed by atoms with Gasteiger partial charge in [-0.25, -0.2) is 13.1 Å². The Morgan fingerprint density at radius 2 is 1.77 bits per heavy atom. The zero-order chi connectivity index (χ0) is 16.2. The molecule has 0 aromatic heterocycles. The van der Waals surface area contributed by atoms with Crippen LogP contribution in [0.3, 0.4) is 0 Å². The summed E-state index contributed by atoms with van der Waals surface area (Å²) in [5, 5.41) is 3.31. The van der Waals surface area contributed by atoms with Gasteiger partial charge in [-0.1, -0.05) is 19.1 Å². The number of benzene rings is 1. The normalized spacial score (nSPS) is 18.5. The fourth-order valence-electron chi connectivity index (χ4n) is 2.70. The van der Waals surface area contributed by atoms with E-state index in [0.29, 0.717) is 11.4 Å². The van der Waals surface area contributed by atoms with E-state index in [1.807, 2.05) is 26.2 Å². The Labute approximate surface area is 134 Å². The minimum atomic E-state index is -3.43. The first-order valence-electron chi connectivity index (χ1n) is 7.75. The summed E-state index contributed by atoms with van der Waals surface area (Å²) < 4.78 is 27.6. The van der Waals surface area contributed by atoms with E-state index < -0.39 is 10.0 Å². The molecule has 0 amide bonds. The van der Waals surface area contributed by atoms with E-state index in [1.54, 1.807) is 12.1 Å². The molecule has 0 aliphatic carbocycles. The monoisotopic (exact) mass is 325 g/mol. The van der Waals surface area contributed by atoms with Crippen molar-refractivity contribution in [2.75, 3.05) is 33.7 Å². The third kappa shape index (κ3) is 4.78. The Morgan fingerprint density at radius 3 is 2.32 bits per heavy atom. The predicted octanol–water partition coefficient (Wildman–Crippen LogP) is 1.42. The molecule has 1 aliphatic rings. The molecular formula is C16H27N3O2S. The molecule has 1 aromatic carbocycles. The Hall–Kier alpha value is -0.950. The van der Waals surface area contributed by atoms with Crippen LogP contribution >= 0.6 is 0 Å². The number of nitrogens with one attached hydrogen (secondary N) is 2. The van der Waals surface area contributed by atoms with E-state index in [9.17, 15) is 8.42 Å². The van der Waals surface area contributed by atoms with Gasteiger partial charge < -0.3 is 10.2 Å². The summed E-state index contributed by atoms with van der Waals surface area (Å²) in [4.78, 5) is 2.40. The largest absolute Gasteiger partial charge is 0.317 e. The third-order valence-electron chi connectivity index (χ3n) is 4.23. The van der Waals surface area contributed by atoms with E-state index in [4.69, 9.17) is 0 Å². The lowest BCUT2D eigenvalue weighted by Gasteiger charge is -2.34. The highest BCUT2D eigenvalue weighted by Gasteiger charge is 2.28. The summed E-state index contributed by atoms with van der Waals surface area (Å²) in [5.41, 5.74) is 1.15. The molecule has 2 rings (SSSR count). The highest BCUT2D eigenvalue weighted by molar-refractivity contribution is 7.89. The van der Waals surface area contributed by atoms with Crippen LogP contribution in [0.1, 0.15) is 25.3 Å². The van der Waals surface area contributed by atoms with Crippen molar-refractivity contribution in [2.24, 2.45) is 5.41 Å². The number of sulfonamides is 1. The summed E-state index contributed by atoms with van der Waals surface area (Å²) in [6.45, 7) is 5.36. The van der Waals surface area contributed by atoms with Gasteiger partial charge in [-0.05, 0) is 63.1 Å². The summed E-state index contributed by atoms with van der Waals surface area (Å²) in [6.07, 6.45) is 1.99. The van der Waals surface area contributed by atoms with Crippen molar-refractivity contribution in [1.29, 1.82) is 0 Å². The highest BCUT2D eigenvalue weighted by atomic mass is 32.2. The molecule has 0 saturated carbocycles. The van der Waals surface area contributed by atoms with Crippen LogP contribution in [0.25, 0.3) is 0 Å². The number of hydrogen-bond donors (Lipinski definition) is 2. The van der Waals surface area contributed by atoms with Crippen molar-refractivity contribution in [3.63, 3.8) is 0 Å². The lowest BCUT2D eigenvalue weighted by atomic mass is 9.81. The average Bonchev–Trinajstić information content (AvgIpc) is 2.46. The van der Waals surface area contributed by atoms with Crippen molar-refractivity contribution in [3.8, 4) is 0 Å². The van der Waals surface area contributed by atoms with Crippen LogP contribution in [0.15, 0.2) is 29.2 Å². The molecule has 0 bridgehead atoms. The minimum absolute atomic E-state index is 0.0448. The minimum Gasteiger partial charge on any atom is -0.317 e. The van der Waals surface area contributed by atoms with Gasteiger partial charge in [0.2, 0.25) is 10.0 Å². The van der Waals surface area contributed by atoms with Crippen molar-refractivity contribution in [1.82, 2.24) is 14.9 Å². The molecule has 124 valence electrons. The van der Waals surface area contributed by atoms with Crippen molar-refractivity contribution >= 4 is 10.0 Å². The number of hydrogen-bond acceptors (Lipinski definition) is 4. The van der Waals surface area contributed by atoms with Crippen LogP contribution in [-0.4, -0.2) is 47.0 Å². The predicted molar refractivity (Wildman–Crippen MR) is 89.2 cm³/mol. The van der Waals surface area contributed by atoms with Crippen molar-refractivity contribution < 1.29 is 8.42 Å². The zero-order valence-corrected chi connectivity index (χ0v) is 14.5. The molecule has 0 unspecified atom stereocenters. The Balaban J connectivity index is 2.00.